The van der Waals surface area contributed by atoms with Crippen molar-refractivity contribution in [2.75, 3.05) is 6.54 Å². The largest absolute Gasteiger partial charge is 0.466 e. The minimum atomic E-state index is -0.966. The van der Waals surface area contributed by atoms with E-state index in [2.05, 4.69) is 31.2 Å². The summed E-state index contributed by atoms with van der Waals surface area (Å²) in [7, 11) is 1.94. The Kier molecular flexibility index (Phi) is 4.74. The minimum Gasteiger partial charge on any atom is -0.466 e. The van der Waals surface area contributed by atoms with Gasteiger partial charge in [0.1, 0.15) is 17.1 Å². The van der Waals surface area contributed by atoms with Gasteiger partial charge in [-0.2, -0.15) is 5.10 Å². The van der Waals surface area contributed by atoms with E-state index >= 15 is 0 Å². The molecule has 2 N–H and O–H groups in total. The first-order valence-electron chi connectivity index (χ1n) is 8.04. The zero-order valence-corrected chi connectivity index (χ0v) is 15.3. The van der Waals surface area contributed by atoms with Crippen molar-refractivity contribution in [3.8, 4) is 0 Å². The molecule has 0 amide bonds. The average Bonchev–Trinajstić information content (AvgIpc) is 2.92. The lowest BCUT2D eigenvalue weighted by Gasteiger charge is -2.24. The third kappa shape index (κ3) is 4.03. The maximum atomic E-state index is 10.7. The Balaban J connectivity index is 2.07. The Morgan fingerprint density at radius 3 is 2.43 bits per heavy atom. The van der Waals surface area contributed by atoms with Crippen LogP contribution in [0, 0.1) is 13.8 Å². The van der Waals surface area contributed by atoms with Gasteiger partial charge in [0, 0.05) is 42.9 Å². The SMILES string of the molecule is Cc1cc(C(C)(O)CNCc2cn(C)nc2C(C)(C)C)c(C)o1. The minimum absolute atomic E-state index is 0.000943. The van der Waals surface area contributed by atoms with Crippen molar-refractivity contribution in [1.29, 1.82) is 0 Å². The molecule has 1 atom stereocenters. The summed E-state index contributed by atoms with van der Waals surface area (Å²) < 4.78 is 7.38. The average molecular weight is 319 g/mol. The highest BCUT2D eigenvalue weighted by Crippen LogP contribution is 2.27. The van der Waals surface area contributed by atoms with Gasteiger partial charge < -0.3 is 14.8 Å². The fraction of sp³-hybridized carbons (Fsp3) is 0.611. The maximum absolute atomic E-state index is 10.7. The van der Waals surface area contributed by atoms with Crippen molar-refractivity contribution < 1.29 is 9.52 Å². The van der Waals surface area contributed by atoms with Crippen LogP contribution in [-0.2, 0) is 24.6 Å². The zero-order valence-electron chi connectivity index (χ0n) is 15.3. The highest BCUT2D eigenvalue weighted by Gasteiger charge is 2.28. The topological polar surface area (TPSA) is 63.2 Å². The highest BCUT2D eigenvalue weighted by atomic mass is 16.3. The third-order valence-corrected chi connectivity index (χ3v) is 4.02. The number of nitrogens with one attached hydrogen (secondary N) is 1. The Labute approximate surface area is 138 Å². The Morgan fingerprint density at radius 1 is 1.26 bits per heavy atom. The number of nitrogens with zero attached hydrogens (tertiary/aromatic N) is 2. The van der Waals surface area contributed by atoms with Gasteiger partial charge in [-0.15, -0.1) is 0 Å². The summed E-state index contributed by atoms with van der Waals surface area (Å²) in [5.41, 5.74) is 2.12. The lowest BCUT2D eigenvalue weighted by molar-refractivity contribution is 0.0551. The molecule has 0 aromatic carbocycles. The molecule has 0 saturated carbocycles. The van der Waals surface area contributed by atoms with E-state index in [1.54, 1.807) is 0 Å². The first-order chi connectivity index (χ1) is 10.5. The van der Waals surface area contributed by atoms with Crippen LogP contribution >= 0.6 is 0 Å². The summed E-state index contributed by atoms with van der Waals surface area (Å²) in [6.07, 6.45) is 2.04. The highest BCUT2D eigenvalue weighted by molar-refractivity contribution is 5.27. The number of aryl methyl sites for hydroxylation is 3. The zero-order chi connectivity index (χ0) is 17.4. The maximum Gasteiger partial charge on any atom is 0.107 e. The second kappa shape index (κ2) is 6.13. The summed E-state index contributed by atoms with van der Waals surface area (Å²) in [4.78, 5) is 0. The Hall–Kier alpha value is -1.59. The van der Waals surface area contributed by atoms with E-state index in [4.69, 9.17) is 4.42 Å². The van der Waals surface area contributed by atoms with E-state index in [1.807, 2.05) is 44.8 Å². The molecule has 0 saturated heterocycles. The van der Waals surface area contributed by atoms with Crippen LogP contribution in [0.2, 0.25) is 0 Å². The molecule has 2 heterocycles. The second-order valence-corrected chi connectivity index (χ2v) is 7.63. The van der Waals surface area contributed by atoms with Crippen LogP contribution in [0.1, 0.15) is 56.0 Å². The molecular formula is C18H29N3O2. The van der Waals surface area contributed by atoms with E-state index in [0.717, 1.165) is 28.3 Å². The summed E-state index contributed by atoms with van der Waals surface area (Å²) in [5.74, 6) is 1.59. The van der Waals surface area contributed by atoms with Crippen LogP contribution in [0.4, 0.5) is 0 Å². The van der Waals surface area contributed by atoms with E-state index < -0.39 is 5.60 Å². The van der Waals surface area contributed by atoms with Crippen LogP contribution in [0.15, 0.2) is 16.7 Å². The van der Waals surface area contributed by atoms with Crippen molar-refractivity contribution >= 4 is 0 Å². The molecule has 0 bridgehead atoms. The molecule has 2 aromatic rings. The molecule has 0 radical (unpaired) electrons. The van der Waals surface area contributed by atoms with Crippen molar-refractivity contribution in [1.82, 2.24) is 15.1 Å². The van der Waals surface area contributed by atoms with Crippen molar-refractivity contribution in [3.05, 3.63) is 40.6 Å². The molecule has 0 aliphatic rings. The molecule has 23 heavy (non-hydrogen) atoms. The molecule has 128 valence electrons. The molecule has 2 aromatic heterocycles. The van der Waals surface area contributed by atoms with Gasteiger partial charge in [0.2, 0.25) is 0 Å². The molecule has 0 spiro atoms. The third-order valence-electron chi connectivity index (χ3n) is 4.02. The van der Waals surface area contributed by atoms with Gasteiger partial charge in [0.25, 0.3) is 0 Å². The second-order valence-electron chi connectivity index (χ2n) is 7.63. The molecule has 5 nitrogen and oxygen atoms in total. The molecule has 0 aliphatic carbocycles. The van der Waals surface area contributed by atoms with Crippen LogP contribution in [-0.4, -0.2) is 21.4 Å². The summed E-state index contributed by atoms with van der Waals surface area (Å²) >= 11 is 0. The van der Waals surface area contributed by atoms with Crippen LogP contribution < -0.4 is 5.32 Å². The molecule has 0 fully saturated rings. The van der Waals surface area contributed by atoms with Gasteiger partial charge in [-0.25, -0.2) is 0 Å². The number of aromatic nitrogens is 2. The first kappa shape index (κ1) is 17.8. The Morgan fingerprint density at radius 2 is 1.91 bits per heavy atom. The van der Waals surface area contributed by atoms with Gasteiger partial charge in [-0.1, -0.05) is 20.8 Å². The number of hydrogen-bond donors (Lipinski definition) is 2. The number of aliphatic hydroxyl groups is 1. The van der Waals surface area contributed by atoms with Crippen LogP contribution in [0.25, 0.3) is 0 Å². The van der Waals surface area contributed by atoms with Crippen LogP contribution in [0.3, 0.4) is 0 Å². The standard InChI is InChI=1S/C18H29N3O2/c1-12-8-15(13(2)23-12)18(6,22)11-19-9-14-10-21(7)20-16(14)17(3,4)5/h8,10,19,22H,9,11H2,1-7H3. The number of rotatable bonds is 5. The predicted molar refractivity (Wildman–Crippen MR) is 91.4 cm³/mol. The smallest absolute Gasteiger partial charge is 0.107 e. The van der Waals surface area contributed by atoms with E-state index in [1.165, 1.54) is 0 Å². The molecule has 0 aliphatic heterocycles. The fourth-order valence-electron chi connectivity index (χ4n) is 3.00. The van der Waals surface area contributed by atoms with Crippen molar-refractivity contribution in [3.63, 3.8) is 0 Å². The number of furan rings is 1. The quantitative estimate of drug-likeness (QED) is 0.889. The monoisotopic (exact) mass is 319 g/mol. The lowest BCUT2D eigenvalue weighted by Crippen LogP contribution is -2.35. The molecule has 1 unspecified atom stereocenters. The van der Waals surface area contributed by atoms with Gasteiger partial charge in [-0.3, -0.25) is 4.68 Å². The summed E-state index contributed by atoms with van der Waals surface area (Å²) in [5, 5.41) is 18.7. The van der Waals surface area contributed by atoms with Gasteiger partial charge in [0.15, 0.2) is 0 Å². The fourth-order valence-corrected chi connectivity index (χ4v) is 3.00. The lowest BCUT2D eigenvalue weighted by atomic mass is 9.89. The molecule has 5 heteroatoms. The van der Waals surface area contributed by atoms with E-state index in [9.17, 15) is 5.11 Å². The summed E-state index contributed by atoms with van der Waals surface area (Å²) in [6.45, 7) is 13.2. The predicted octanol–water partition coefficient (Wildman–Crippen LogP) is 2.92. The first-order valence-corrected chi connectivity index (χ1v) is 8.04. The van der Waals surface area contributed by atoms with Crippen molar-refractivity contribution in [2.24, 2.45) is 7.05 Å². The van der Waals surface area contributed by atoms with Gasteiger partial charge >= 0.3 is 0 Å². The van der Waals surface area contributed by atoms with Crippen molar-refractivity contribution in [2.45, 2.75) is 59.1 Å². The Bertz CT molecular complexity index is 675. The van der Waals surface area contributed by atoms with Gasteiger partial charge in [0.05, 0.1) is 5.69 Å². The van der Waals surface area contributed by atoms with Gasteiger partial charge in [-0.05, 0) is 26.8 Å². The summed E-state index contributed by atoms with van der Waals surface area (Å²) in [6, 6.07) is 1.90. The molecular weight excluding hydrogens is 290 g/mol. The number of hydrogen-bond acceptors (Lipinski definition) is 4. The van der Waals surface area contributed by atoms with E-state index in [-0.39, 0.29) is 5.41 Å². The normalized spacial score (nSPS) is 15.0. The molecule has 2 rings (SSSR count). The van der Waals surface area contributed by atoms with E-state index in [0.29, 0.717) is 13.1 Å². The van der Waals surface area contributed by atoms with Crippen LogP contribution in [0.5, 0.6) is 0 Å².